The van der Waals surface area contributed by atoms with E-state index in [1.807, 2.05) is 0 Å². The summed E-state index contributed by atoms with van der Waals surface area (Å²) in [6.45, 7) is 15.1. The predicted octanol–water partition coefficient (Wildman–Crippen LogP) is 3.30. The minimum absolute atomic E-state index is 0.769. The van der Waals surface area contributed by atoms with E-state index in [1.165, 1.54) is 44.3 Å². The largest absolute Gasteiger partial charge is 0.316 e. The van der Waals surface area contributed by atoms with Crippen LogP contribution in [0.1, 0.15) is 46.5 Å². The maximum atomic E-state index is 3.94. The van der Waals surface area contributed by atoms with Gasteiger partial charge in [-0.05, 0) is 52.4 Å². The molecule has 17 heavy (non-hydrogen) atoms. The van der Waals surface area contributed by atoms with Crippen LogP contribution in [-0.2, 0) is 0 Å². The molecule has 0 aromatic rings. The Balaban J connectivity index is 3.15. The lowest BCUT2D eigenvalue weighted by molar-refractivity contribution is 0.349. The van der Waals surface area contributed by atoms with E-state index < -0.39 is 0 Å². The summed E-state index contributed by atoms with van der Waals surface area (Å²) in [5.41, 5.74) is 1.25. The molecule has 0 bridgehead atoms. The van der Waals surface area contributed by atoms with Gasteiger partial charge in [-0.3, -0.25) is 0 Å². The van der Waals surface area contributed by atoms with Crippen molar-refractivity contribution in [1.29, 1.82) is 0 Å². The predicted molar refractivity (Wildman–Crippen MR) is 78.5 cm³/mol. The second kappa shape index (κ2) is 10.8. The number of nitrogens with zero attached hydrogens (tertiary/aromatic N) is 1. The Labute approximate surface area is 108 Å². The van der Waals surface area contributed by atoms with Gasteiger partial charge in [0.2, 0.25) is 0 Å². The summed E-state index contributed by atoms with van der Waals surface area (Å²) in [5.74, 6) is 0.769. The Morgan fingerprint density at radius 2 is 1.82 bits per heavy atom. The summed E-state index contributed by atoms with van der Waals surface area (Å²) in [5, 5.41) is 3.49. The van der Waals surface area contributed by atoms with Gasteiger partial charge >= 0.3 is 0 Å². The molecule has 0 amide bonds. The Morgan fingerprint density at radius 1 is 1.18 bits per heavy atom. The lowest BCUT2D eigenvalue weighted by atomic mass is 10.1. The normalized spacial score (nSPS) is 11.4. The van der Waals surface area contributed by atoms with Gasteiger partial charge in [0.25, 0.3) is 0 Å². The number of hydrogen-bond donors (Lipinski definition) is 1. The zero-order valence-electron chi connectivity index (χ0n) is 12.4. The van der Waals surface area contributed by atoms with Crippen LogP contribution in [-0.4, -0.2) is 38.1 Å². The van der Waals surface area contributed by atoms with Crippen LogP contribution in [0.4, 0.5) is 0 Å². The molecule has 1 N–H and O–H groups in total. The molecule has 0 heterocycles. The first kappa shape index (κ1) is 16.7. The van der Waals surface area contributed by atoms with Crippen LogP contribution in [0.15, 0.2) is 12.2 Å². The van der Waals surface area contributed by atoms with Gasteiger partial charge in [-0.15, -0.1) is 0 Å². The average Bonchev–Trinajstić information content (AvgIpc) is 2.20. The molecule has 0 fully saturated rings. The molecule has 0 aliphatic carbocycles. The van der Waals surface area contributed by atoms with E-state index in [0.717, 1.165) is 19.0 Å². The van der Waals surface area contributed by atoms with E-state index in [1.54, 1.807) is 0 Å². The number of unbranched alkanes of at least 4 members (excludes halogenated alkanes) is 3. The van der Waals surface area contributed by atoms with Gasteiger partial charge in [-0.1, -0.05) is 38.8 Å². The summed E-state index contributed by atoms with van der Waals surface area (Å²) < 4.78 is 0. The molecule has 0 saturated heterocycles. The van der Waals surface area contributed by atoms with Crippen molar-refractivity contribution in [1.82, 2.24) is 10.2 Å². The zero-order chi connectivity index (χ0) is 13.1. The summed E-state index contributed by atoms with van der Waals surface area (Å²) in [7, 11) is 2.18. The summed E-state index contributed by atoms with van der Waals surface area (Å²) in [6, 6.07) is 0. The van der Waals surface area contributed by atoms with Crippen LogP contribution in [0.3, 0.4) is 0 Å². The van der Waals surface area contributed by atoms with Crippen LogP contribution in [0.5, 0.6) is 0 Å². The highest BCUT2D eigenvalue weighted by Gasteiger charge is 1.98. The first-order chi connectivity index (χ1) is 8.02. The first-order valence-electron chi connectivity index (χ1n) is 7.06. The highest BCUT2D eigenvalue weighted by Crippen LogP contribution is 2.02. The van der Waals surface area contributed by atoms with Crippen molar-refractivity contribution < 1.29 is 0 Å². The first-order valence-corrected chi connectivity index (χ1v) is 7.06. The lowest BCUT2D eigenvalue weighted by Crippen LogP contribution is -2.22. The topological polar surface area (TPSA) is 15.3 Å². The van der Waals surface area contributed by atoms with E-state index in [-0.39, 0.29) is 0 Å². The number of likely N-dealkylation sites (N-methyl/N-ethyl adjacent to an activating group) is 1. The van der Waals surface area contributed by atoms with Crippen molar-refractivity contribution in [3.05, 3.63) is 12.2 Å². The third-order valence-corrected chi connectivity index (χ3v) is 2.74. The Kier molecular flexibility index (Phi) is 10.6. The van der Waals surface area contributed by atoms with Gasteiger partial charge in [0, 0.05) is 6.54 Å². The second-order valence-electron chi connectivity index (χ2n) is 5.71. The van der Waals surface area contributed by atoms with E-state index in [0.29, 0.717) is 0 Å². The smallest absolute Gasteiger partial charge is 0.0184 e. The van der Waals surface area contributed by atoms with Gasteiger partial charge in [0.1, 0.15) is 0 Å². The molecule has 102 valence electrons. The van der Waals surface area contributed by atoms with Gasteiger partial charge in [0.05, 0.1) is 0 Å². The number of rotatable bonds is 11. The van der Waals surface area contributed by atoms with Gasteiger partial charge in [0.15, 0.2) is 0 Å². The zero-order valence-corrected chi connectivity index (χ0v) is 12.4. The third kappa shape index (κ3) is 13.6. The maximum absolute atomic E-state index is 3.94. The van der Waals surface area contributed by atoms with Crippen molar-refractivity contribution in [2.75, 3.05) is 33.2 Å². The van der Waals surface area contributed by atoms with Crippen LogP contribution in [0, 0.1) is 5.92 Å². The lowest BCUT2D eigenvalue weighted by Gasteiger charge is -2.16. The Bertz CT molecular complexity index is 187. The molecule has 0 aliphatic heterocycles. The minimum Gasteiger partial charge on any atom is -0.316 e. The second-order valence-corrected chi connectivity index (χ2v) is 5.71. The van der Waals surface area contributed by atoms with Gasteiger partial charge in [-0.25, -0.2) is 0 Å². The molecule has 0 aromatic carbocycles. The van der Waals surface area contributed by atoms with Crippen LogP contribution >= 0.6 is 0 Å². The molecule has 0 aliphatic rings. The standard InChI is InChI=1S/C15H32N2/c1-14(2)12-16-10-8-6-7-9-11-17(5)13-15(3)4/h14,16H,3,6-13H2,1-2,4-5H3. The Morgan fingerprint density at radius 3 is 2.41 bits per heavy atom. The summed E-state index contributed by atoms with van der Waals surface area (Å²) in [6.07, 6.45) is 5.33. The minimum atomic E-state index is 0.769. The quantitative estimate of drug-likeness (QED) is 0.440. The fourth-order valence-electron chi connectivity index (χ4n) is 1.92. The highest BCUT2D eigenvalue weighted by molar-refractivity contribution is 4.90. The Hall–Kier alpha value is -0.340. The van der Waals surface area contributed by atoms with Crippen molar-refractivity contribution in [3.8, 4) is 0 Å². The van der Waals surface area contributed by atoms with Crippen LogP contribution in [0.2, 0.25) is 0 Å². The molecule has 0 rings (SSSR count). The summed E-state index contributed by atoms with van der Waals surface area (Å²) >= 11 is 0. The monoisotopic (exact) mass is 240 g/mol. The third-order valence-electron chi connectivity index (χ3n) is 2.74. The van der Waals surface area contributed by atoms with E-state index in [9.17, 15) is 0 Å². The van der Waals surface area contributed by atoms with Gasteiger partial charge < -0.3 is 10.2 Å². The highest BCUT2D eigenvalue weighted by atomic mass is 15.1. The molecule has 0 aromatic heterocycles. The SMILES string of the molecule is C=C(C)CN(C)CCCCCCNCC(C)C. The molecule has 0 atom stereocenters. The van der Waals surface area contributed by atoms with Crippen molar-refractivity contribution in [2.45, 2.75) is 46.5 Å². The van der Waals surface area contributed by atoms with E-state index in [4.69, 9.17) is 0 Å². The number of nitrogens with one attached hydrogen (secondary N) is 1. The van der Waals surface area contributed by atoms with Crippen molar-refractivity contribution in [2.24, 2.45) is 5.92 Å². The summed E-state index contributed by atoms with van der Waals surface area (Å²) in [4.78, 5) is 2.36. The fraction of sp³-hybridized carbons (Fsp3) is 0.867. The average molecular weight is 240 g/mol. The molecule has 0 saturated carbocycles. The van der Waals surface area contributed by atoms with Crippen molar-refractivity contribution in [3.63, 3.8) is 0 Å². The molecular weight excluding hydrogens is 208 g/mol. The molecule has 0 radical (unpaired) electrons. The van der Waals surface area contributed by atoms with Crippen molar-refractivity contribution >= 4 is 0 Å². The molecule has 2 nitrogen and oxygen atoms in total. The van der Waals surface area contributed by atoms with E-state index >= 15 is 0 Å². The molecule has 2 heteroatoms. The molecule has 0 spiro atoms. The van der Waals surface area contributed by atoms with Crippen LogP contribution < -0.4 is 5.32 Å². The molecule has 0 unspecified atom stereocenters. The maximum Gasteiger partial charge on any atom is 0.0184 e. The van der Waals surface area contributed by atoms with Crippen LogP contribution in [0.25, 0.3) is 0 Å². The fourth-order valence-corrected chi connectivity index (χ4v) is 1.92. The van der Waals surface area contributed by atoms with Gasteiger partial charge in [-0.2, -0.15) is 0 Å². The molecular formula is C15H32N2. The number of hydrogen-bond acceptors (Lipinski definition) is 2. The van der Waals surface area contributed by atoms with E-state index in [2.05, 4.69) is 44.6 Å².